The Bertz CT molecular complexity index is 725. The van der Waals surface area contributed by atoms with Gasteiger partial charge in [-0.2, -0.15) is 0 Å². The highest BCUT2D eigenvalue weighted by molar-refractivity contribution is 7.91. The summed E-state index contributed by atoms with van der Waals surface area (Å²) in [6.07, 6.45) is 0.221. The van der Waals surface area contributed by atoms with Crippen LogP contribution in [0, 0.1) is 5.82 Å². The molecule has 1 aliphatic rings. The third kappa shape index (κ3) is 5.93. The first-order chi connectivity index (χ1) is 12.1. The lowest BCUT2D eigenvalue weighted by atomic mass is 9.97. The number of hydrogen-bond donors (Lipinski definition) is 3. The number of benzene rings is 1. The van der Waals surface area contributed by atoms with Crippen LogP contribution in [0.3, 0.4) is 0 Å². The SMILES string of the molecule is CN(C)C(CNC(=O)NCC1(O)CCS(=O)(=O)CC1)c1cccc(F)c1. The van der Waals surface area contributed by atoms with Crippen LogP contribution in [-0.2, 0) is 9.84 Å². The summed E-state index contributed by atoms with van der Waals surface area (Å²) in [7, 11) is 0.585. The van der Waals surface area contributed by atoms with Crippen LogP contribution in [0.2, 0.25) is 0 Å². The second-order valence-corrected chi connectivity index (χ2v) is 9.28. The smallest absolute Gasteiger partial charge is 0.314 e. The lowest BCUT2D eigenvalue weighted by Crippen LogP contribution is -2.50. The molecule has 1 aromatic rings. The van der Waals surface area contributed by atoms with E-state index < -0.39 is 21.5 Å². The summed E-state index contributed by atoms with van der Waals surface area (Å²) < 4.78 is 36.3. The van der Waals surface area contributed by atoms with Crippen molar-refractivity contribution in [2.75, 3.05) is 38.7 Å². The molecule has 1 aromatic carbocycles. The molecule has 0 spiro atoms. The maximum absolute atomic E-state index is 13.4. The van der Waals surface area contributed by atoms with Crippen molar-refractivity contribution in [2.24, 2.45) is 0 Å². The van der Waals surface area contributed by atoms with Gasteiger partial charge in [-0.05, 0) is 44.6 Å². The number of sulfone groups is 1. The molecule has 1 unspecified atom stereocenters. The number of rotatable bonds is 6. The van der Waals surface area contributed by atoms with Gasteiger partial charge in [-0.25, -0.2) is 17.6 Å². The number of nitrogens with zero attached hydrogens (tertiary/aromatic N) is 1. The van der Waals surface area contributed by atoms with Gasteiger partial charge in [0.15, 0.2) is 9.84 Å². The Morgan fingerprint density at radius 1 is 1.31 bits per heavy atom. The third-order valence-corrected chi connectivity index (χ3v) is 6.30. The highest BCUT2D eigenvalue weighted by Gasteiger charge is 2.35. The summed E-state index contributed by atoms with van der Waals surface area (Å²) in [5, 5.41) is 15.7. The van der Waals surface area contributed by atoms with Gasteiger partial charge >= 0.3 is 6.03 Å². The van der Waals surface area contributed by atoms with Crippen molar-refractivity contribution in [3.63, 3.8) is 0 Å². The molecule has 0 aliphatic carbocycles. The Kier molecular flexibility index (Phi) is 6.59. The number of nitrogens with one attached hydrogen (secondary N) is 2. The zero-order chi connectivity index (χ0) is 19.4. The van der Waals surface area contributed by atoms with Crippen LogP contribution >= 0.6 is 0 Å². The largest absolute Gasteiger partial charge is 0.388 e. The maximum Gasteiger partial charge on any atom is 0.314 e. The number of aliphatic hydroxyl groups is 1. The normalized spacial score (nSPS) is 19.7. The lowest BCUT2D eigenvalue weighted by molar-refractivity contribution is 0.0329. The van der Waals surface area contributed by atoms with Gasteiger partial charge in [-0.15, -0.1) is 0 Å². The fourth-order valence-electron chi connectivity index (χ4n) is 2.90. The summed E-state index contributed by atoms with van der Waals surface area (Å²) in [5.41, 5.74) is -0.460. The van der Waals surface area contributed by atoms with Crippen LogP contribution in [0.1, 0.15) is 24.4 Å². The van der Waals surface area contributed by atoms with E-state index in [9.17, 15) is 22.7 Å². The molecule has 1 saturated heterocycles. The van der Waals surface area contributed by atoms with Crippen molar-refractivity contribution < 1.29 is 22.7 Å². The van der Waals surface area contributed by atoms with Crippen molar-refractivity contribution in [3.05, 3.63) is 35.6 Å². The van der Waals surface area contributed by atoms with Crippen LogP contribution in [0.25, 0.3) is 0 Å². The van der Waals surface area contributed by atoms with Crippen molar-refractivity contribution >= 4 is 15.9 Å². The summed E-state index contributed by atoms with van der Waals surface area (Å²) in [6, 6.07) is 5.53. The first-order valence-electron chi connectivity index (χ1n) is 8.47. The van der Waals surface area contributed by atoms with Gasteiger partial charge in [0.2, 0.25) is 0 Å². The fourth-order valence-corrected chi connectivity index (χ4v) is 4.49. The first kappa shape index (κ1) is 20.6. The van der Waals surface area contributed by atoms with E-state index in [-0.39, 0.29) is 49.3 Å². The molecule has 1 fully saturated rings. The zero-order valence-corrected chi connectivity index (χ0v) is 15.9. The molecular formula is C17H26FN3O4S. The molecule has 0 saturated carbocycles. The Morgan fingerprint density at radius 3 is 2.54 bits per heavy atom. The van der Waals surface area contributed by atoms with E-state index in [0.717, 1.165) is 5.56 Å². The fraction of sp³-hybridized carbons (Fsp3) is 0.588. The molecule has 1 atom stereocenters. The van der Waals surface area contributed by atoms with Crippen LogP contribution in [-0.4, -0.2) is 68.7 Å². The number of likely N-dealkylation sites (N-methyl/N-ethyl adjacent to an activating group) is 1. The van der Waals surface area contributed by atoms with E-state index in [1.807, 2.05) is 19.0 Å². The van der Waals surface area contributed by atoms with Gasteiger partial charge in [0.1, 0.15) is 5.82 Å². The topological polar surface area (TPSA) is 98.7 Å². The molecule has 2 amide bonds. The Balaban J connectivity index is 1.85. The number of carbonyl (C=O) groups is 1. The second-order valence-electron chi connectivity index (χ2n) is 6.97. The van der Waals surface area contributed by atoms with Gasteiger partial charge < -0.3 is 20.6 Å². The van der Waals surface area contributed by atoms with E-state index in [4.69, 9.17) is 0 Å². The Labute approximate surface area is 153 Å². The van der Waals surface area contributed by atoms with Crippen LogP contribution in [0.4, 0.5) is 9.18 Å². The van der Waals surface area contributed by atoms with Crippen molar-refractivity contribution in [1.29, 1.82) is 0 Å². The number of urea groups is 1. The van der Waals surface area contributed by atoms with Crippen LogP contribution in [0.15, 0.2) is 24.3 Å². The average molecular weight is 387 g/mol. The molecule has 9 heteroatoms. The van der Waals surface area contributed by atoms with Gasteiger partial charge in [0.05, 0.1) is 23.1 Å². The number of hydrogen-bond acceptors (Lipinski definition) is 5. The minimum Gasteiger partial charge on any atom is -0.388 e. The lowest BCUT2D eigenvalue weighted by Gasteiger charge is -2.32. The van der Waals surface area contributed by atoms with E-state index in [1.165, 1.54) is 12.1 Å². The molecule has 0 radical (unpaired) electrons. The second kappa shape index (κ2) is 8.32. The minimum absolute atomic E-state index is 0.0129. The molecule has 2 rings (SSSR count). The number of amides is 2. The maximum atomic E-state index is 13.4. The van der Waals surface area contributed by atoms with Gasteiger partial charge in [0, 0.05) is 13.1 Å². The van der Waals surface area contributed by atoms with Crippen LogP contribution in [0.5, 0.6) is 0 Å². The monoisotopic (exact) mass is 387 g/mol. The summed E-state index contributed by atoms with van der Waals surface area (Å²) in [5.74, 6) is -0.488. The van der Waals surface area contributed by atoms with Crippen molar-refractivity contribution in [3.8, 4) is 0 Å². The highest BCUT2D eigenvalue weighted by atomic mass is 32.2. The predicted octanol–water partition coefficient (Wildman–Crippen LogP) is 0.667. The van der Waals surface area contributed by atoms with E-state index in [0.29, 0.717) is 0 Å². The summed E-state index contributed by atoms with van der Waals surface area (Å²) in [4.78, 5) is 13.9. The third-order valence-electron chi connectivity index (χ3n) is 4.65. The van der Waals surface area contributed by atoms with E-state index >= 15 is 0 Å². The molecule has 0 aromatic heterocycles. The first-order valence-corrected chi connectivity index (χ1v) is 10.3. The molecule has 26 heavy (non-hydrogen) atoms. The predicted molar refractivity (Wildman–Crippen MR) is 97.1 cm³/mol. The zero-order valence-electron chi connectivity index (χ0n) is 15.0. The van der Waals surface area contributed by atoms with Gasteiger partial charge in [-0.3, -0.25) is 0 Å². The summed E-state index contributed by atoms with van der Waals surface area (Å²) in [6.45, 7) is 0.246. The molecule has 1 aliphatic heterocycles. The standard InChI is InChI=1S/C17H26FN3O4S/c1-21(2)15(13-4-3-5-14(18)10-13)11-19-16(22)20-12-17(23)6-8-26(24,25)9-7-17/h3-5,10,15,23H,6-9,11-12H2,1-2H3,(H2,19,20,22). The molecule has 146 valence electrons. The molecule has 7 nitrogen and oxygen atoms in total. The minimum atomic E-state index is -3.08. The van der Waals surface area contributed by atoms with E-state index in [1.54, 1.807) is 12.1 Å². The molecule has 1 heterocycles. The van der Waals surface area contributed by atoms with E-state index in [2.05, 4.69) is 10.6 Å². The number of halogens is 1. The van der Waals surface area contributed by atoms with Crippen LogP contribution < -0.4 is 10.6 Å². The van der Waals surface area contributed by atoms with Gasteiger partial charge in [-0.1, -0.05) is 12.1 Å². The van der Waals surface area contributed by atoms with Crippen molar-refractivity contribution in [2.45, 2.75) is 24.5 Å². The Morgan fingerprint density at radius 2 is 1.96 bits per heavy atom. The van der Waals surface area contributed by atoms with Crippen molar-refractivity contribution in [1.82, 2.24) is 15.5 Å². The quantitative estimate of drug-likeness (QED) is 0.666. The summed E-state index contributed by atoms with van der Waals surface area (Å²) >= 11 is 0. The average Bonchev–Trinajstić information content (AvgIpc) is 2.56. The highest BCUT2D eigenvalue weighted by Crippen LogP contribution is 2.23. The Hall–Kier alpha value is -1.71. The molecular weight excluding hydrogens is 361 g/mol. The molecule has 0 bridgehead atoms. The molecule has 3 N–H and O–H groups in total. The number of carbonyl (C=O) groups excluding carboxylic acids is 1. The van der Waals surface area contributed by atoms with Gasteiger partial charge in [0.25, 0.3) is 0 Å².